The van der Waals surface area contributed by atoms with Gasteiger partial charge in [0.15, 0.2) is 0 Å². The van der Waals surface area contributed by atoms with E-state index < -0.39 is 6.10 Å². The summed E-state index contributed by atoms with van der Waals surface area (Å²) in [5.74, 6) is -0.241. The molecule has 24 heavy (non-hydrogen) atoms. The SMILES string of the molecule is Cc1cncc(C(=O)N2CCC(C(O)c3ccc(F)cc3)CC2)c1. The van der Waals surface area contributed by atoms with Gasteiger partial charge in [-0.3, -0.25) is 9.78 Å². The quantitative estimate of drug-likeness (QED) is 0.942. The lowest BCUT2D eigenvalue weighted by Gasteiger charge is -2.34. The average molecular weight is 328 g/mol. The molecule has 1 fully saturated rings. The second-order valence-corrected chi connectivity index (χ2v) is 6.38. The number of halogens is 1. The van der Waals surface area contributed by atoms with Crippen LogP contribution in [0.25, 0.3) is 0 Å². The second-order valence-electron chi connectivity index (χ2n) is 6.38. The van der Waals surface area contributed by atoms with Crippen molar-refractivity contribution < 1.29 is 14.3 Å². The number of pyridine rings is 1. The van der Waals surface area contributed by atoms with Crippen molar-refractivity contribution in [3.05, 3.63) is 65.2 Å². The van der Waals surface area contributed by atoms with Gasteiger partial charge in [-0.25, -0.2) is 4.39 Å². The monoisotopic (exact) mass is 328 g/mol. The van der Waals surface area contributed by atoms with Crippen LogP contribution < -0.4 is 0 Å². The molecular formula is C19H21FN2O2. The lowest BCUT2D eigenvalue weighted by atomic mass is 9.87. The molecule has 1 saturated heterocycles. The van der Waals surface area contributed by atoms with E-state index in [2.05, 4.69) is 4.98 Å². The second kappa shape index (κ2) is 7.09. The minimum atomic E-state index is -0.622. The van der Waals surface area contributed by atoms with Gasteiger partial charge in [-0.2, -0.15) is 0 Å². The maximum atomic E-state index is 13.0. The predicted molar refractivity (Wildman–Crippen MR) is 89.0 cm³/mol. The zero-order chi connectivity index (χ0) is 17.1. The number of likely N-dealkylation sites (tertiary alicyclic amines) is 1. The van der Waals surface area contributed by atoms with Gasteiger partial charge in [0.2, 0.25) is 0 Å². The van der Waals surface area contributed by atoms with Crippen LogP contribution in [0.15, 0.2) is 42.7 Å². The Morgan fingerprint density at radius 3 is 2.54 bits per heavy atom. The molecule has 0 saturated carbocycles. The van der Waals surface area contributed by atoms with Crippen LogP contribution in [-0.2, 0) is 0 Å². The molecule has 1 aliphatic rings. The van der Waals surface area contributed by atoms with Crippen LogP contribution in [0.2, 0.25) is 0 Å². The first-order valence-electron chi connectivity index (χ1n) is 8.19. The Hall–Kier alpha value is -2.27. The van der Waals surface area contributed by atoms with Crippen molar-refractivity contribution in [3.8, 4) is 0 Å². The number of aryl methyl sites for hydroxylation is 1. The van der Waals surface area contributed by atoms with Crippen molar-refractivity contribution in [2.45, 2.75) is 25.9 Å². The highest BCUT2D eigenvalue weighted by atomic mass is 19.1. The molecule has 1 aliphatic heterocycles. The summed E-state index contributed by atoms with van der Waals surface area (Å²) in [5.41, 5.74) is 2.29. The molecule has 0 bridgehead atoms. The van der Waals surface area contributed by atoms with Crippen molar-refractivity contribution in [1.82, 2.24) is 9.88 Å². The molecule has 5 heteroatoms. The highest BCUT2D eigenvalue weighted by Crippen LogP contribution is 2.31. The minimum Gasteiger partial charge on any atom is -0.388 e. The van der Waals surface area contributed by atoms with E-state index in [4.69, 9.17) is 0 Å². The number of aromatic nitrogens is 1. The Kier molecular flexibility index (Phi) is 4.90. The normalized spacial score (nSPS) is 16.9. The number of hydrogen-bond acceptors (Lipinski definition) is 3. The molecular weight excluding hydrogens is 307 g/mol. The molecule has 4 nitrogen and oxygen atoms in total. The molecule has 126 valence electrons. The summed E-state index contributed by atoms with van der Waals surface area (Å²) in [6.07, 6.45) is 4.15. The molecule has 0 radical (unpaired) electrons. The third-order valence-electron chi connectivity index (χ3n) is 4.61. The number of hydrogen-bond donors (Lipinski definition) is 1. The topological polar surface area (TPSA) is 53.4 Å². The van der Waals surface area contributed by atoms with E-state index in [1.165, 1.54) is 12.1 Å². The number of carbonyl (C=O) groups is 1. The van der Waals surface area contributed by atoms with Crippen molar-refractivity contribution in [2.24, 2.45) is 5.92 Å². The average Bonchev–Trinajstić information content (AvgIpc) is 2.61. The Morgan fingerprint density at radius 2 is 1.92 bits per heavy atom. The standard InChI is InChI=1S/C19H21FN2O2/c1-13-10-16(12-21-11-13)19(24)22-8-6-15(7-9-22)18(23)14-2-4-17(20)5-3-14/h2-5,10-12,15,18,23H,6-9H2,1H3. The largest absolute Gasteiger partial charge is 0.388 e. The van der Waals surface area contributed by atoms with Gasteiger partial charge in [0.25, 0.3) is 5.91 Å². The molecule has 1 atom stereocenters. The van der Waals surface area contributed by atoms with Crippen LogP contribution in [0.5, 0.6) is 0 Å². The molecule has 3 rings (SSSR count). The van der Waals surface area contributed by atoms with Gasteiger partial charge in [-0.15, -0.1) is 0 Å². The maximum Gasteiger partial charge on any atom is 0.255 e. The Morgan fingerprint density at radius 1 is 1.25 bits per heavy atom. The summed E-state index contributed by atoms with van der Waals surface area (Å²) in [7, 11) is 0. The van der Waals surface area contributed by atoms with E-state index in [-0.39, 0.29) is 17.6 Å². The fraction of sp³-hybridized carbons (Fsp3) is 0.368. The zero-order valence-corrected chi connectivity index (χ0v) is 13.7. The fourth-order valence-electron chi connectivity index (χ4n) is 3.20. The number of rotatable bonds is 3. The van der Waals surface area contributed by atoms with Crippen molar-refractivity contribution in [2.75, 3.05) is 13.1 Å². The zero-order valence-electron chi connectivity index (χ0n) is 13.7. The third-order valence-corrected chi connectivity index (χ3v) is 4.61. The molecule has 1 aromatic heterocycles. The van der Waals surface area contributed by atoms with E-state index in [1.807, 2.05) is 17.9 Å². The molecule has 1 unspecified atom stereocenters. The van der Waals surface area contributed by atoms with Crippen LogP contribution in [-0.4, -0.2) is 34.0 Å². The predicted octanol–water partition coefficient (Wildman–Crippen LogP) is 3.11. The smallest absolute Gasteiger partial charge is 0.255 e. The number of benzene rings is 1. The highest BCUT2D eigenvalue weighted by molar-refractivity contribution is 5.94. The van der Waals surface area contributed by atoms with Gasteiger partial charge in [-0.05, 0) is 55.0 Å². The van der Waals surface area contributed by atoms with Gasteiger partial charge >= 0.3 is 0 Å². The first kappa shape index (κ1) is 16.6. The van der Waals surface area contributed by atoms with Crippen LogP contribution in [0.4, 0.5) is 4.39 Å². The fourth-order valence-corrected chi connectivity index (χ4v) is 3.20. The summed E-state index contributed by atoms with van der Waals surface area (Å²) in [6, 6.07) is 7.81. The van der Waals surface area contributed by atoms with Crippen molar-refractivity contribution in [3.63, 3.8) is 0 Å². The summed E-state index contributed by atoms with van der Waals surface area (Å²) in [4.78, 5) is 18.4. The van der Waals surface area contributed by atoms with Crippen LogP contribution >= 0.6 is 0 Å². The van der Waals surface area contributed by atoms with Crippen molar-refractivity contribution in [1.29, 1.82) is 0 Å². The first-order chi connectivity index (χ1) is 11.5. The molecule has 2 heterocycles. The number of aliphatic hydroxyl groups excluding tert-OH is 1. The summed E-state index contributed by atoms with van der Waals surface area (Å²) >= 11 is 0. The summed E-state index contributed by atoms with van der Waals surface area (Å²) < 4.78 is 13.0. The van der Waals surface area contributed by atoms with Crippen LogP contribution in [0.3, 0.4) is 0 Å². The first-order valence-corrected chi connectivity index (χ1v) is 8.19. The summed E-state index contributed by atoms with van der Waals surface area (Å²) in [6.45, 7) is 3.13. The highest BCUT2D eigenvalue weighted by Gasteiger charge is 2.28. The van der Waals surface area contributed by atoms with Gasteiger partial charge in [0.1, 0.15) is 5.82 Å². The minimum absolute atomic E-state index is 0.0130. The van der Waals surface area contributed by atoms with Gasteiger partial charge in [-0.1, -0.05) is 12.1 Å². The lowest BCUT2D eigenvalue weighted by Crippen LogP contribution is -2.39. The Balaban J connectivity index is 1.61. The lowest BCUT2D eigenvalue weighted by molar-refractivity contribution is 0.0462. The van der Waals surface area contributed by atoms with E-state index in [0.29, 0.717) is 18.7 Å². The molecule has 1 aromatic carbocycles. The van der Waals surface area contributed by atoms with E-state index in [0.717, 1.165) is 24.0 Å². The van der Waals surface area contributed by atoms with E-state index in [1.54, 1.807) is 24.5 Å². The van der Waals surface area contributed by atoms with E-state index >= 15 is 0 Å². The van der Waals surface area contributed by atoms with Crippen LogP contribution in [0.1, 0.15) is 40.4 Å². The van der Waals surface area contributed by atoms with E-state index in [9.17, 15) is 14.3 Å². The number of carbonyl (C=O) groups excluding carboxylic acids is 1. The number of amides is 1. The number of nitrogens with zero attached hydrogens (tertiary/aromatic N) is 2. The van der Waals surface area contributed by atoms with Crippen LogP contribution in [0, 0.1) is 18.7 Å². The number of aliphatic hydroxyl groups is 1. The maximum absolute atomic E-state index is 13.0. The summed E-state index contributed by atoms with van der Waals surface area (Å²) in [5, 5.41) is 10.5. The molecule has 0 spiro atoms. The third kappa shape index (κ3) is 3.62. The van der Waals surface area contributed by atoms with Gasteiger partial charge in [0, 0.05) is 25.5 Å². The Bertz CT molecular complexity index is 710. The van der Waals surface area contributed by atoms with Gasteiger partial charge in [0.05, 0.1) is 11.7 Å². The number of piperidine rings is 1. The molecule has 0 aliphatic carbocycles. The molecule has 1 amide bonds. The Labute approximate surface area is 141 Å². The molecule has 1 N–H and O–H groups in total. The van der Waals surface area contributed by atoms with Gasteiger partial charge < -0.3 is 10.0 Å². The van der Waals surface area contributed by atoms with Crippen molar-refractivity contribution >= 4 is 5.91 Å². The molecule has 2 aromatic rings.